The zero-order chi connectivity index (χ0) is 32.8. The Hall–Kier alpha value is -3.92. The number of hydrogen-bond acceptors (Lipinski definition) is 10. The largest absolute Gasteiger partial charge is 0.370 e. The summed E-state index contributed by atoms with van der Waals surface area (Å²) in [4.78, 5) is 88.9. The van der Waals surface area contributed by atoms with Gasteiger partial charge in [-0.3, -0.25) is 28.8 Å². The van der Waals surface area contributed by atoms with E-state index in [0.717, 1.165) is 11.3 Å². The minimum absolute atomic E-state index is 0.0351. The Balaban J connectivity index is 1.69. The van der Waals surface area contributed by atoms with Gasteiger partial charge in [0.25, 0.3) is 11.8 Å². The molecule has 14 nitrogen and oxygen atoms in total. The highest BCUT2D eigenvalue weighted by Gasteiger charge is 2.39. The summed E-state index contributed by atoms with van der Waals surface area (Å²) in [7, 11) is 0. The van der Waals surface area contributed by atoms with Crippen molar-refractivity contribution in [2.24, 2.45) is 17.6 Å². The summed E-state index contributed by atoms with van der Waals surface area (Å²) in [6.07, 6.45) is 1.55. The molecule has 4 atom stereocenters. The summed E-state index contributed by atoms with van der Waals surface area (Å²) in [5.74, 6) is -3.19. The van der Waals surface area contributed by atoms with Gasteiger partial charge in [-0.05, 0) is 37.5 Å². The zero-order valence-electron chi connectivity index (χ0n) is 25.8. The summed E-state index contributed by atoms with van der Waals surface area (Å²) >= 11 is 2.31. The Morgan fingerprint density at radius 2 is 1.64 bits per heavy atom. The van der Waals surface area contributed by atoms with Gasteiger partial charge in [0.05, 0.1) is 12.6 Å². The molecule has 2 aromatic heterocycles. The van der Waals surface area contributed by atoms with Gasteiger partial charge in [0.2, 0.25) is 23.6 Å². The Bertz CT molecular complexity index is 1440. The Morgan fingerprint density at radius 3 is 2.33 bits per heavy atom. The molecule has 6 N–H and O–H groups in total. The average Bonchev–Trinajstić information content (AvgIpc) is 3.76. The fourth-order valence-corrected chi connectivity index (χ4v) is 6.91. The molecule has 0 spiro atoms. The molecular formula is C29H40N8O6S2. The first-order valence-electron chi connectivity index (χ1n) is 15.0. The number of fused-ring (bicyclic) bond motifs is 5. The van der Waals surface area contributed by atoms with Gasteiger partial charge in [0.1, 0.15) is 39.5 Å². The summed E-state index contributed by atoms with van der Waals surface area (Å²) < 4.78 is 0. The van der Waals surface area contributed by atoms with Gasteiger partial charge < -0.3 is 31.9 Å². The van der Waals surface area contributed by atoms with Crippen LogP contribution in [0.1, 0.15) is 96.8 Å². The van der Waals surface area contributed by atoms with Crippen LogP contribution in [0.5, 0.6) is 0 Å². The van der Waals surface area contributed by atoms with E-state index in [1.807, 2.05) is 13.8 Å². The predicted molar refractivity (Wildman–Crippen MR) is 167 cm³/mol. The van der Waals surface area contributed by atoms with Crippen LogP contribution >= 0.6 is 22.7 Å². The Kier molecular flexibility index (Phi) is 11.3. The van der Waals surface area contributed by atoms with E-state index in [4.69, 9.17) is 5.73 Å². The number of carbonyl (C=O) groups is 6. The number of thiazole rings is 2. The Labute approximate surface area is 269 Å². The summed E-state index contributed by atoms with van der Waals surface area (Å²) in [6.45, 7) is 7.86. The fraction of sp³-hybridized carbons (Fsp3) is 0.586. The van der Waals surface area contributed by atoms with Gasteiger partial charge in [-0.1, -0.05) is 27.7 Å². The second-order valence-electron chi connectivity index (χ2n) is 12.0. The molecule has 4 bridgehead atoms. The standard InChI is InChI=1S/C29H40N8O6S2/c1-14(2)10-17-29(43)37-9-5-6-20(37)26(41)31-11-22-32-18(12-44-22)24(39)33-16(7-8-21(30)38)28-35-19(13-45-28)25(40)36-23(15(3)4)27(42)34-17/h12-17,20,23H,5-11H2,1-4H3,(H2,30,38)(H,31,41)(H,33,39)(H,34,42)(H,36,40)/t16-,17-,20-,23-/m1/s1. The van der Waals surface area contributed by atoms with Crippen molar-refractivity contribution in [3.8, 4) is 0 Å². The molecule has 6 amide bonds. The van der Waals surface area contributed by atoms with Crippen molar-refractivity contribution in [1.29, 1.82) is 0 Å². The number of aromatic nitrogens is 2. The first-order chi connectivity index (χ1) is 21.3. The SMILES string of the molecule is CC(C)C[C@H]1NC(=O)[C@@H](C(C)C)NC(=O)c2csc(n2)[C@@H](CCC(N)=O)NC(=O)c2csc(n2)CNC(=O)[C@H]2CCCN2C1=O. The molecule has 16 heteroatoms. The number of nitrogens with one attached hydrogen (secondary N) is 4. The first-order valence-corrected chi connectivity index (χ1v) is 16.8. The van der Waals surface area contributed by atoms with Crippen molar-refractivity contribution in [2.75, 3.05) is 6.54 Å². The number of amides is 6. The van der Waals surface area contributed by atoms with Crippen molar-refractivity contribution >= 4 is 58.1 Å². The summed E-state index contributed by atoms with van der Waals surface area (Å²) in [5.41, 5.74) is 5.52. The van der Waals surface area contributed by atoms with Crippen LogP contribution in [0.4, 0.5) is 0 Å². The number of nitrogens with zero attached hydrogens (tertiary/aromatic N) is 3. The third-order valence-corrected chi connectivity index (χ3v) is 9.44. The molecule has 2 aliphatic heterocycles. The molecule has 244 valence electrons. The topological polar surface area (TPSA) is 206 Å². The normalized spacial score (nSPS) is 23.6. The van der Waals surface area contributed by atoms with Crippen LogP contribution in [0, 0.1) is 11.8 Å². The molecule has 2 aromatic rings. The number of rotatable bonds is 6. The summed E-state index contributed by atoms with van der Waals surface area (Å²) in [6, 6.07) is -3.34. The van der Waals surface area contributed by atoms with Crippen molar-refractivity contribution in [1.82, 2.24) is 36.1 Å². The number of nitrogens with two attached hydrogens (primary N) is 1. The van der Waals surface area contributed by atoms with Crippen molar-refractivity contribution in [3.63, 3.8) is 0 Å². The van der Waals surface area contributed by atoms with E-state index in [9.17, 15) is 28.8 Å². The second-order valence-corrected chi connectivity index (χ2v) is 13.9. The van der Waals surface area contributed by atoms with Gasteiger partial charge >= 0.3 is 0 Å². The smallest absolute Gasteiger partial charge is 0.271 e. The second kappa shape index (κ2) is 14.9. The van der Waals surface area contributed by atoms with Crippen LogP contribution in [0.2, 0.25) is 0 Å². The molecule has 4 heterocycles. The van der Waals surface area contributed by atoms with Crippen LogP contribution in [0.3, 0.4) is 0 Å². The van der Waals surface area contributed by atoms with Crippen LogP contribution in [0.25, 0.3) is 0 Å². The van der Waals surface area contributed by atoms with E-state index in [1.54, 1.807) is 19.2 Å². The minimum Gasteiger partial charge on any atom is -0.370 e. The molecule has 2 aliphatic rings. The lowest BCUT2D eigenvalue weighted by Crippen LogP contribution is -2.57. The zero-order valence-corrected chi connectivity index (χ0v) is 27.4. The number of carbonyl (C=O) groups excluding carboxylic acids is 6. The molecular weight excluding hydrogens is 621 g/mol. The predicted octanol–water partition coefficient (Wildman–Crippen LogP) is 1.24. The highest BCUT2D eigenvalue weighted by molar-refractivity contribution is 7.10. The van der Waals surface area contributed by atoms with Crippen molar-refractivity contribution in [3.05, 3.63) is 32.2 Å². The monoisotopic (exact) mass is 660 g/mol. The van der Waals surface area contributed by atoms with E-state index < -0.39 is 47.8 Å². The van der Waals surface area contributed by atoms with Gasteiger partial charge in [-0.2, -0.15) is 0 Å². The molecule has 0 unspecified atom stereocenters. The van der Waals surface area contributed by atoms with Crippen molar-refractivity contribution in [2.45, 2.75) is 90.5 Å². The number of hydrogen-bond donors (Lipinski definition) is 5. The quantitative estimate of drug-likeness (QED) is 0.304. The highest BCUT2D eigenvalue weighted by Crippen LogP contribution is 2.25. The first kappa shape index (κ1) is 34.0. The van der Waals surface area contributed by atoms with E-state index in [2.05, 4.69) is 31.2 Å². The summed E-state index contributed by atoms with van der Waals surface area (Å²) in [5, 5.41) is 15.2. The number of primary amides is 1. The van der Waals surface area contributed by atoms with Crippen LogP contribution in [0.15, 0.2) is 10.8 Å². The van der Waals surface area contributed by atoms with Crippen molar-refractivity contribution < 1.29 is 28.8 Å². The maximum absolute atomic E-state index is 13.8. The van der Waals surface area contributed by atoms with E-state index in [0.29, 0.717) is 35.8 Å². The third-order valence-electron chi connectivity index (χ3n) is 7.63. The van der Waals surface area contributed by atoms with Crippen LogP contribution < -0.4 is 27.0 Å². The lowest BCUT2D eigenvalue weighted by molar-refractivity contribution is -0.142. The van der Waals surface area contributed by atoms with Gasteiger partial charge in [0.15, 0.2) is 0 Å². The molecule has 0 aliphatic carbocycles. The molecule has 0 radical (unpaired) electrons. The lowest BCUT2D eigenvalue weighted by Gasteiger charge is -2.31. The third kappa shape index (κ3) is 8.63. The highest BCUT2D eigenvalue weighted by atomic mass is 32.1. The van der Waals surface area contributed by atoms with E-state index >= 15 is 0 Å². The van der Waals surface area contributed by atoms with E-state index in [1.165, 1.54) is 21.6 Å². The van der Waals surface area contributed by atoms with Gasteiger partial charge in [0, 0.05) is 23.7 Å². The molecule has 1 saturated heterocycles. The average molecular weight is 661 g/mol. The minimum atomic E-state index is -0.985. The molecule has 45 heavy (non-hydrogen) atoms. The lowest BCUT2D eigenvalue weighted by atomic mass is 9.99. The molecule has 4 rings (SSSR count). The maximum Gasteiger partial charge on any atom is 0.271 e. The van der Waals surface area contributed by atoms with E-state index in [-0.39, 0.29) is 54.4 Å². The van der Waals surface area contributed by atoms with Gasteiger partial charge in [-0.15, -0.1) is 22.7 Å². The van der Waals surface area contributed by atoms with Crippen LogP contribution in [-0.2, 0) is 25.7 Å². The fourth-order valence-electron chi connectivity index (χ4n) is 5.31. The van der Waals surface area contributed by atoms with Gasteiger partial charge in [-0.25, -0.2) is 9.97 Å². The molecule has 1 fully saturated rings. The molecule has 0 aromatic carbocycles. The maximum atomic E-state index is 13.8. The molecule has 0 saturated carbocycles. The Morgan fingerprint density at radius 1 is 0.956 bits per heavy atom. The van der Waals surface area contributed by atoms with Crippen LogP contribution in [-0.4, -0.2) is 75.0 Å².